The fraction of sp³-hybridized carbons (Fsp3) is 0.156. The van der Waals surface area contributed by atoms with Gasteiger partial charge < -0.3 is 14.9 Å². The van der Waals surface area contributed by atoms with Crippen molar-refractivity contribution in [2.45, 2.75) is 46.5 Å². The fourth-order valence-corrected chi connectivity index (χ4v) is 7.04. The molecule has 0 saturated heterocycles. The van der Waals surface area contributed by atoms with E-state index in [1.165, 1.54) is 82.7 Å². The first-order valence-electron chi connectivity index (χ1n) is 15.4. The molecule has 0 aliphatic heterocycles. The maximum Gasteiger partial charge on any atom is 4.00 e. The van der Waals surface area contributed by atoms with E-state index in [1.54, 1.807) is 0 Å². The molecule has 0 amide bonds. The summed E-state index contributed by atoms with van der Waals surface area (Å²) >= 11 is 0. The zero-order valence-electron chi connectivity index (χ0n) is 28.3. The van der Waals surface area contributed by atoms with E-state index in [0.717, 1.165) is 6.42 Å². The van der Waals surface area contributed by atoms with Crippen molar-refractivity contribution in [1.29, 1.82) is 0 Å². The molecule has 0 N–H and O–H groups in total. The number of benzene rings is 5. The van der Waals surface area contributed by atoms with Crippen LogP contribution in [0.15, 0.2) is 127 Å². The van der Waals surface area contributed by atoms with E-state index in [2.05, 4.69) is 162 Å². The average Bonchev–Trinajstić information content (AvgIpc) is 3.66. The summed E-state index contributed by atoms with van der Waals surface area (Å²) in [5.74, 6) is 0. The van der Waals surface area contributed by atoms with Crippen LogP contribution in [0.5, 0.6) is 0 Å². The van der Waals surface area contributed by atoms with Crippen LogP contribution in [0, 0.1) is 42.5 Å². The van der Waals surface area contributed by atoms with E-state index in [1.807, 2.05) is 0 Å². The minimum absolute atomic E-state index is 0. The molecule has 0 spiro atoms. The molecule has 46 heavy (non-hydrogen) atoms. The molecule has 0 fully saturated rings. The Hall–Kier alpha value is -3.81. The van der Waals surface area contributed by atoms with E-state index in [4.69, 9.17) is 0 Å². The van der Waals surface area contributed by atoms with Crippen molar-refractivity contribution in [3.63, 3.8) is 0 Å². The molecule has 0 aliphatic carbocycles. The van der Waals surface area contributed by atoms with Crippen LogP contribution >= 0.6 is 0 Å². The summed E-state index contributed by atoms with van der Waals surface area (Å²) in [5, 5.41) is 5.27. The zero-order chi connectivity index (χ0) is 29.7. The van der Waals surface area contributed by atoms with Crippen molar-refractivity contribution >= 4 is 21.5 Å². The van der Waals surface area contributed by atoms with Crippen molar-refractivity contribution in [2.24, 2.45) is 0 Å². The number of fused-ring (bicyclic) bond motifs is 2. The Bertz CT molecular complexity index is 1970. The molecule has 0 atom stereocenters. The third kappa shape index (κ3) is 6.03. The predicted molar refractivity (Wildman–Crippen MR) is 198 cm³/mol. The summed E-state index contributed by atoms with van der Waals surface area (Å²) < 4.78 is 0. The van der Waals surface area contributed by atoms with Crippen LogP contribution in [0.1, 0.15) is 45.9 Å². The van der Waals surface area contributed by atoms with Crippen molar-refractivity contribution in [1.82, 2.24) is 0 Å². The van der Waals surface area contributed by atoms with Crippen molar-refractivity contribution in [3.8, 4) is 22.3 Å². The first-order chi connectivity index (χ1) is 20.8. The van der Waals surface area contributed by atoms with Crippen LogP contribution in [0.25, 0.3) is 43.8 Å². The maximum atomic E-state index is 2.47. The second kappa shape index (κ2) is 13.9. The van der Waals surface area contributed by atoms with Crippen molar-refractivity contribution < 1.29 is 25.8 Å². The number of rotatable bonds is 6. The first kappa shape index (κ1) is 35.1. The molecule has 1 heteroatoms. The Kier molecular flexibility index (Phi) is 10.6. The second-order valence-electron chi connectivity index (χ2n) is 12.6. The Labute approximate surface area is 295 Å². The average molecular weight is 763 g/mol. The van der Waals surface area contributed by atoms with Gasteiger partial charge in [0.2, 0.25) is 0 Å². The summed E-state index contributed by atoms with van der Waals surface area (Å²) in [7, 11) is 0. The number of aryl methyl sites for hydroxylation is 2. The molecule has 0 unspecified atom stereocenters. The van der Waals surface area contributed by atoms with Gasteiger partial charge in [-0.15, -0.1) is 69.1 Å². The van der Waals surface area contributed by atoms with Gasteiger partial charge in [-0.25, -0.2) is 0 Å². The third-order valence-electron chi connectivity index (χ3n) is 9.97. The second-order valence-corrected chi connectivity index (χ2v) is 12.6. The van der Waals surface area contributed by atoms with Crippen molar-refractivity contribution in [2.75, 3.05) is 0 Å². The van der Waals surface area contributed by atoms with E-state index in [0.29, 0.717) is 0 Å². The predicted octanol–water partition coefficient (Wildman–Crippen LogP) is 12.4. The molecule has 228 valence electrons. The molecule has 0 radical (unpaired) electrons. The molecule has 0 nitrogen and oxygen atoms in total. The van der Waals surface area contributed by atoms with Crippen LogP contribution in [0.2, 0.25) is 0 Å². The fourth-order valence-electron chi connectivity index (χ4n) is 7.04. The molecular formula is C45H44Hf. The van der Waals surface area contributed by atoms with Gasteiger partial charge in [-0.2, -0.15) is 12.1 Å². The molecule has 0 bridgehead atoms. The molecular weight excluding hydrogens is 719 g/mol. The normalized spacial score (nSPS) is 11.2. The summed E-state index contributed by atoms with van der Waals surface area (Å²) in [6.07, 6.45) is 0.929. The Balaban J connectivity index is 0.00000160. The van der Waals surface area contributed by atoms with Crippen LogP contribution in [-0.4, -0.2) is 0 Å². The SMILES string of the molecule is Cc1cccc(-c2cccc3[cH-]c(C(C)(Cc4ccccc4)c4cc5c(-c6cccc(C)c6C)cccc5[cH-]4)cc23)c1C.[CH3-].[CH3-].[Hf+4]. The van der Waals surface area contributed by atoms with Gasteiger partial charge in [-0.1, -0.05) is 96.9 Å². The third-order valence-corrected chi connectivity index (χ3v) is 9.97. The molecule has 7 aromatic carbocycles. The zero-order valence-corrected chi connectivity index (χ0v) is 31.9. The number of hydrogen-bond donors (Lipinski definition) is 0. The van der Waals surface area contributed by atoms with Crippen LogP contribution in [-0.2, 0) is 37.7 Å². The largest absolute Gasteiger partial charge is 4.00 e. The smallest absolute Gasteiger partial charge is 0.358 e. The van der Waals surface area contributed by atoms with E-state index >= 15 is 0 Å². The quantitative estimate of drug-likeness (QED) is 0.117. The standard InChI is InChI=1S/C43H38.2CH3.Hf/c1-28-13-9-19-37(30(28)3)39-21-11-17-33-23-35(25-41(33)39)43(5,27-32-15-7-6-8-16-32)36-24-34-18-12-22-40(42(34)26-36)38-20-10-14-29(2)31(38)4;;;/h6-26H,27H2,1-5H3;2*1H3;/q-2;2*-1;+4. The van der Waals surface area contributed by atoms with E-state index in [-0.39, 0.29) is 46.1 Å². The summed E-state index contributed by atoms with van der Waals surface area (Å²) in [5.41, 5.74) is 14.5. The monoisotopic (exact) mass is 764 g/mol. The van der Waals surface area contributed by atoms with Crippen LogP contribution in [0.3, 0.4) is 0 Å². The minimum Gasteiger partial charge on any atom is -0.358 e. The van der Waals surface area contributed by atoms with Crippen LogP contribution in [0.4, 0.5) is 0 Å². The molecule has 7 aromatic rings. The molecule has 0 aliphatic rings. The Morgan fingerprint density at radius 1 is 0.500 bits per heavy atom. The molecule has 0 heterocycles. The van der Waals surface area contributed by atoms with Gasteiger partial charge >= 0.3 is 25.8 Å². The Morgan fingerprint density at radius 2 is 0.913 bits per heavy atom. The summed E-state index contributed by atoms with van der Waals surface area (Å²) in [6.45, 7) is 11.3. The van der Waals surface area contributed by atoms with Crippen molar-refractivity contribution in [3.05, 3.63) is 181 Å². The topological polar surface area (TPSA) is 0 Å². The first-order valence-corrected chi connectivity index (χ1v) is 15.4. The molecule has 0 aromatic heterocycles. The summed E-state index contributed by atoms with van der Waals surface area (Å²) in [4.78, 5) is 0. The van der Waals surface area contributed by atoms with E-state index < -0.39 is 0 Å². The van der Waals surface area contributed by atoms with E-state index in [9.17, 15) is 0 Å². The van der Waals surface area contributed by atoms with Crippen LogP contribution < -0.4 is 0 Å². The maximum absolute atomic E-state index is 2.47. The van der Waals surface area contributed by atoms with Gasteiger partial charge in [0.05, 0.1) is 0 Å². The molecule has 7 rings (SSSR count). The molecule has 0 saturated carbocycles. The van der Waals surface area contributed by atoms with Gasteiger partial charge in [-0.3, -0.25) is 0 Å². The van der Waals surface area contributed by atoms with Gasteiger partial charge in [0.25, 0.3) is 0 Å². The van der Waals surface area contributed by atoms with Gasteiger partial charge in [-0.05, 0) is 78.5 Å². The Morgan fingerprint density at radius 3 is 1.37 bits per heavy atom. The van der Waals surface area contributed by atoms with Gasteiger partial charge in [0.1, 0.15) is 0 Å². The summed E-state index contributed by atoms with van der Waals surface area (Å²) in [6, 6.07) is 47.7. The van der Waals surface area contributed by atoms with Gasteiger partial charge in [0.15, 0.2) is 0 Å². The van der Waals surface area contributed by atoms with Gasteiger partial charge in [0, 0.05) is 0 Å². The minimum atomic E-state index is -0.211. The number of hydrogen-bond acceptors (Lipinski definition) is 0.